The van der Waals surface area contributed by atoms with Crippen LogP contribution in [0.5, 0.6) is 0 Å². The Labute approximate surface area is 59.0 Å². The maximum absolute atomic E-state index is 11.2. The first-order valence-corrected chi connectivity index (χ1v) is 4.18. The first kappa shape index (κ1) is 4.37. The van der Waals surface area contributed by atoms with Gasteiger partial charge in [-0.3, -0.25) is 4.79 Å². The molecular weight excluding hydrogens is 126 g/mol. The van der Waals surface area contributed by atoms with E-state index in [1.807, 2.05) is 0 Å². The van der Waals surface area contributed by atoms with Crippen LogP contribution in [0.2, 0.25) is 0 Å². The molecule has 1 N–H and O–H groups in total. The van der Waals surface area contributed by atoms with E-state index in [-0.39, 0.29) is 0 Å². The molecule has 1 heterocycles. The first-order chi connectivity index (χ1) is 4.88. The van der Waals surface area contributed by atoms with Crippen LogP contribution < -0.4 is 5.32 Å². The molecule has 1 saturated heterocycles. The minimum atomic E-state index is 0.372. The quantitative estimate of drug-likeness (QED) is 0.497. The van der Waals surface area contributed by atoms with Crippen LogP contribution in [0, 0.1) is 29.6 Å². The summed E-state index contributed by atoms with van der Waals surface area (Å²) in [5.41, 5.74) is 0. The van der Waals surface area contributed by atoms with Crippen molar-refractivity contribution in [1.82, 2.24) is 5.32 Å². The Morgan fingerprint density at radius 2 is 2.20 bits per heavy atom. The van der Waals surface area contributed by atoms with Crippen molar-refractivity contribution in [2.45, 2.75) is 12.5 Å². The van der Waals surface area contributed by atoms with Gasteiger partial charge >= 0.3 is 0 Å². The minimum Gasteiger partial charge on any atom is -0.353 e. The van der Waals surface area contributed by atoms with Crippen molar-refractivity contribution in [1.29, 1.82) is 0 Å². The van der Waals surface area contributed by atoms with Crippen LogP contribution in [0.25, 0.3) is 0 Å². The van der Waals surface area contributed by atoms with Gasteiger partial charge in [-0.25, -0.2) is 0 Å². The van der Waals surface area contributed by atoms with Crippen LogP contribution in [0.3, 0.4) is 0 Å². The summed E-state index contributed by atoms with van der Waals surface area (Å²) in [5.74, 6) is 4.37. The van der Waals surface area contributed by atoms with Gasteiger partial charge in [0.2, 0.25) is 5.91 Å². The van der Waals surface area contributed by atoms with Crippen molar-refractivity contribution < 1.29 is 4.79 Å². The number of nitrogens with one attached hydrogen (secondary N) is 1. The zero-order valence-corrected chi connectivity index (χ0v) is 5.58. The van der Waals surface area contributed by atoms with E-state index in [1.54, 1.807) is 0 Å². The topological polar surface area (TPSA) is 29.1 Å². The van der Waals surface area contributed by atoms with E-state index < -0.39 is 0 Å². The van der Waals surface area contributed by atoms with Gasteiger partial charge in [0.15, 0.2) is 0 Å². The van der Waals surface area contributed by atoms with Gasteiger partial charge < -0.3 is 5.32 Å². The molecule has 6 unspecified atom stereocenters. The molecular formula is C8H9NO. The normalized spacial score (nSPS) is 72.6. The van der Waals surface area contributed by atoms with Gasteiger partial charge in [-0.2, -0.15) is 0 Å². The van der Waals surface area contributed by atoms with Gasteiger partial charge in [-0.15, -0.1) is 0 Å². The van der Waals surface area contributed by atoms with E-state index >= 15 is 0 Å². The molecule has 2 nitrogen and oxygen atoms in total. The van der Waals surface area contributed by atoms with Crippen LogP contribution in [0.1, 0.15) is 6.42 Å². The highest BCUT2D eigenvalue weighted by atomic mass is 16.2. The van der Waals surface area contributed by atoms with Crippen LogP contribution in [-0.4, -0.2) is 11.9 Å². The van der Waals surface area contributed by atoms with Gasteiger partial charge in [0.05, 0.1) is 0 Å². The number of hydrogen-bond acceptors (Lipinski definition) is 1. The van der Waals surface area contributed by atoms with Gasteiger partial charge in [0, 0.05) is 12.0 Å². The largest absolute Gasteiger partial charge is 0.353 e. The summed E-state index contributed by atoms with van der Waals surface area (Å²) < 4.78 is 0. The number of hydrogen-bond donors (Lipinski definition) is 1. The molecule has 5 aliphatic rings. The summed E-state index contributed by atoms with van der Waals surface area (Å²) in [7, 11) is 0. The van der Waals surface area contributed by atoms with E-state index in [2.05, 4.69) is 5.32 Å². The fourth-order valence-corrected chi connectivity index (χ4v) is 3.99. The van der Waals surface area contributed by atoms with Crippen molar-refractivity contribution in [3.8, 4) is 0 Å². The molecule has 5 rings (SSSR count). The van der Waals surface area contributed by atoms with Gasteiger partial charge in [-0.05, 0) is 30.1 Å². The number of carbonyl (C=O) groups is 1. The lowest BCUT2D eigenvalue weighted by atomic mass is 10.0. The number of rotatable bonds is 0. The standard InChI is InChI=1S/C8H9NO/c10-8-6-3-1-2-4(6)5(2)7(3)9-8/h2-7H,1H2,(H,9,10). The van der Waals surface area contributed by atoms with E-state index in [4.69, 9.17) is 0 Å². The third-order valence-corrected chi connectivity index (χ3v) is 4.20. The van der Waals surface area contributed by atoms with Crippen molar-refractivity contribution in [3.05, 3.63) is 0 Å². The van der Waals surface area contributed by atoms with Crippen LogP contribution in [0.4, 0.5) is 0 Å². The second-order valence-electron chi connectivity index (χ2n) is 4.28. The SMILES string of the molecule is O=C1NC2C3CC4C2C4C13. The predicted molar refractivity (Wildman–Crippen MR) is 34.0 cm³/mol. The molecule has 6 atom stereocenters. The van der Waals surface area contributed by atoms with Gasteiger partial charge in [-0.1, -0.05) is 0 Å². The summed E-state index contributed by atoms with van der Waals surface area (Å²) in [5, 5.41) is 3.10. The Balaban J connectivity index is 2.00. The second-order valence-corrected chi connectivity index (χ2v) is 4.28. The van der Waals surface area contributed by atoms with E-state index in [1.165, 1.54) is 6.42 Å². The van der Waals surface area contributed by atoms with E-state index in [9.17, 15) is 4.79 Å². The van der Waals surface area contributed by atoms with Crippen LogP contribution >= 0.6 is 0 Å². The average Bonchev–Trinajstić information content (AvgIpc) is 2.34. The Kier molecular flexibility index (Phi) is 0.409. The molecule has 0 aromatic rings. The first-order valence-electron chi connectivity index (χ1n) is 4.18. The van der Waals surface area contributed by atoms with Crippen molar-refractivity contribution >= 4 is 5.91 Å². The fourth-order valence-electron chi connectivity index (χ4n) is 3.99. The highest BCUT2D eigenvalue weighted by Gasteiger charge is 2.78. The molecule has 1 aliphatic heterocycles. The lowest BCUT2D eigenvalue weighted by Crippen LogP contribution is -2.32. The highest BCUT2D eigenvalue weighted by molar-refractivity contribution is 5.85. The van der Waals surface area contributed by atoms with E-state index in [0.717, 1.165) is 23.7 Å². The van der Waals surface area contributed by atoms with Crippen LogP contribution in [0.15, 0.2) is 0 Å². The molecule has 1 amide bonds. The highest BCUT2D eigenvalue weighted by Crippen LogP contribution is 2.75. The molecule has 0 aromatic carbocycles. The average molecular weight is 135 g/mol. The van der Waals surface area contributed by atoms with Crippen molar-refractivity contribution in [2.75, 3.05) is 0 Å². The lowest BCUT2D eigenvalue weighted by molar-refractivity contribution is -0.124. The Bertz CT molecular complexity index is 250. The molecule has 5 fully saturated rings. The smallest absolute Gasteiger partial charge is 0.224 e. The summed E-state index contributed by atoms with van der Waals surface area (Å²) >= 11 is 0. The molecule has 4 saturated carbocycles. The van der Waals surface area contributed by atoms with Crippen molar-refractivity contribution in [3.63, 3.8) is 0 Å². The third kappa shape index (κ3) is 0.223. The summed E-state index contributed by atoms with van der Waals surface area (Å²) in [6, 6.07) is 0.632. The Morgan fingerprint density at radius 1 is 1.30 bits per heavy atom. The summed E-state index contributed by atoms with van der Waals surface area (Å²) in [4.78, 5) is 11.2. The minimum absolute atomic E-state index is 0.372. The molecule has 4 aliphatic carbocycles. The monoisotopic (exact) mass is 135 g/mol. The number of amides is 1. The molecule has 0 radical (unpaired) electrons. The summed E-state index contributed by atoms with van der Waals surface area (Å²) in [6.45, 7) is 0. The molecule has 0 spiro atoms. The maximum atomic E-state index is 11.2. The molecule has 2 heteroatoms. The van der Waals surface area contributed by atoms with Crippen LogP contribution in [-0.2, 0) is 4.79 Å². The van der Waals surface area contributed by atoms with Gasteiger partial charge in [0.25, 0.3) is 0 Å². The van der Waals surface area contributed by atoms with E-state index in [0.29, 0.717) is 17.9 Å². The van der Waals surface area contributed by atoms with Gasteiger partial charge in [0.1, 0.15) is 0 Å². The maximum Gasteiger partial charge on any atom is 0.224 e. The number of piperidine rings is 1. The molecule has 0 aromatic heterocycles. The zero-order chi connectivity index (χ0) is 6.46. The summed E-state index contributed by atoms with van der Waals surface area (Å²) in [6.07, 6.45) is 1.36. The molecule has 6 bridgehead atoms. The Hall–Kier alpha value is -0.530. The second kappa shape index (κ2) is 0.936. The predicted octanol–water partition coefficient (Wildman–Crippen LogP) is -0.00330. The zero-order valence-electron chi connectivity index (χ0n) is 5.58. The molecule has 10 heavy (non-hydrogen) atoms. The number of carbonyl (C=O) groups excluding carboxylic acids is 1. The molecule has 52 valence electrons. The van der Waals surface area contributed by atoms with Crippen molar-refractivity contribution in [2.24, 2.45) is 29.6 Å². The fraction of sp³-hybridized carbons (Fsp3) is 0.875. The third-order valence-electron chi connectivity index (χ3n) is 4.20. The lowest BCUT2D eigenvalue weighted by Gasteiger charge is -2.08. The Morgan fingerprint density at radius 3 is 2.70 bits per heavy atom.